The Morgan fingerprint density at radius 1 is 1.33 bits per heavy atom. The number of pyridine rings is 1. The van der Waals surface area contributed by atoms with Crippen molar-refractivity contribution in [1.29, 1.82) is 0 Å². The summed E-state index contributed by atoms with van der Waals surface area (Å²) in [5.74, 6) is 0.0921. The van der Waals surface area contributed by atoms with Crippen LogP contribution in [0.5, 0.6) is 5.75 Å². The number of nitrogens with two attached hydrogens (primary N) is 1. The Morgan fingerprint density at radius 3 is 2.90 bits per heavy atom. The van der Waals surface area contributed by atoms with E-state index in [4.69, 9.17) is 10.5 Å². The van der Waals surface area contributed by atoms with Crippen LogP contribution in [0.1, 0.15) is 5.69 Å². The van der Waals surface area contributed by atoms with Gasteiger partial charge in [-0.3, -0.25) is 4.98 Å². The van der Waals surface area contributed by atoms with Crippen molar-refractivity contribution in [3.8, 4) is 5.75 Å². The smallest absolute Gasteiger partial charge is 0.201 e. The fourth-order valence-electron chi connectivity index (χ4n) is 2.31. The Labute approximate surface area is 121 Å². The molecule has 0 atom stereocenters. The zero-order chi connectivity index (χ0) is 14.8. The molecule has 0 unspecified atom stereocenters. The molecule has 0 fully saturated rings. The van der Waals surface area contributed by atoms with Crippen molar-refractivity contribution in [1.82, 2.24) is 14.5 Å². The summed E-state index contributed by atoms with van der Waals surface area (Å²) in [7, 11) is 1.43. The Kier molecular flexibility index (Phi) is 3.43. The van der Waals surface area contributed by atoms with Crippen LogP contribution in [-0.2, 0) is 13.0 Å². The van der Waals surface area contributed by atoms with Crippen LogP contribution in [0.4, 0.5) is 10.3 Å². The van der Waals surface area contributed by atoms with E-state index in [0.29, 0.717) is 18.0 Å². The number of nitrogen functional groups attached to an aromatic ring is 1. The average Bonchev–Trinajstić information content (AvgIpc) is 2.79. The highest BCUT2D eigenvalue weighted by Gasteiger charge is 2.13. The van der Waals surface area contributed by atoms with Gasteiger partial charge in [0.1, 0.15) is 0 Å². The van der Waals surface area contributed by atoms with Crippen molar-refractivity contribution < 1.29 is 9.13 Å². The maximum atomic E-state index is 13.7. The van der Waals surface area contributed by atoms with E-state index in [2.05, 4.69) is 9.97 Å². The topological polar surface area (TPSA) is 66.0 Å². The molecule has 21 heavy (non-hydrogen) atoms. The molecule has 0 aliphatic heterocycles. The van der Waals surface area contributed by atoms with Crippen LogP contribution in [0.15, 0.2) is 36.5 Å². The Balaban J connectivity index is 1.96. The first-order valence-corrected chi connectivity index (χ1v) is 6.58. The van der Waals surface area contributed by atoms with E-state index in [-0.39, 0.29) is 5.75 Å². The van der Waals surface area contributed by atoms with Gasteiger partial charge >= 0.3 is 0 Å². The molecule has 0 spiro atoms. The van der Waals surface area contributed by atoms with Crippen molar-refractivity contribution in [3.05, 3.63) is 48.0 Å². The first kappa shape index (κ1) is 13.4. The second kappa shape index (κ2) is 5.40. The van der Waals surface area contributed by atoms with Gasteiger partial charge in [0, 0.05) is 37.0 Å². The highest BCUT2D eigenvalue weighted by molar-refractivity contribution is 5.80. The SMILES string of the molecule is COc1cc2c(cc1F)nc(N)n2CCc1ccccn1. The second-order valence-electron chi connectivity index (χ2n) is 4.67. The van der Waals surface area contributed by atoms with Gasteiger partial charge in [-0.15, -0.1) is 0 Å². The standard InChI is InChI=1S/C15H15FN4O/c1-21-14-9-13-12(8-11(14)16)19-15(17)20(13)7-5-10-4-2-3-6-18-10/h2-4,6,8-9H,5,7H2,1H3,(H2,17,19). The van der Waals surface area contributed by atoms with Crippen molar-refractivity contribution >= 4 is 17.0 Å². The predicted octanol–water partition coefficient (Wildman–Crippen LogP) is 2.40. The third-order valence-electron chi connectivity index (χ3n) is 3.37. The van der Waals surface area contributed by atoms with Gasteiger partial charge in [0.25, 0.3) is 0 Å². The largest absolute Gasteiger partial charge is 0.494 e. The lowest BCUT2D eigenvalue weighted by Gasteiger charge is -2.07. The van der Waals surface area contributed by atoms with E-state index in [1.165, 1.54) is 13.2 Å². The monoisotopic (exact) mass is 286 g/mol. The third-order valence-corrected chi connectivity index (χ3v) is 3.37. The minimum Gasteiger partial charge on any atom is -0.494 e. The summed E-state index contributed by atoms with van der Waals surface area (Å²) in [6.07, 6.45) is 2.47. The lowest BCUT2D eigenvalue weighted by Crippen LogP contribution is -2.06. The van der Waals surface area contributed by atoms with Gasteiger partial charge in [0.05, 0.1) is 18.1 Å². The van der Waals surface area contributed by atoms with Gasteiger partial charge in [-0.05, 0) is 12.1 Å². The minimum absolute atomic E-state index is 0.182. The number of methoxy groups -OCH3 is 1. The van der Waals surface area contributed by atoms with E-state index in [0.717, 1.165) is 17.6 Å². The molecule has 1 aromatic carbocycles. The molecule has 2 aromatic heterocycles. The molecule has 0 radical (unpaired) electrons. The van der Waals surface area contributed by atoms with E-state index in [1.807, 2.05) is 22.8 Å². The fourth-order valence-corrected chi connectivity index (χ4v) is 2.31. The molecule has 0 amide bonds. The predicted molar refractivity (Wildman–Crippen MR) is 78.6 cm³/mol. The minimum atomic E-state index is -0.445. The molecule has 0 aliphatic rings. The van der Waals surface area contributed by atoms with Crippen LogP contribution in [0.3, 0.4) is 0 Å². The first-order chi connectivity index (χ1) is 10.2. The van der Waals surface area contributed by atoms with E-state index in [9.17, 15) is 4.39 Å². The average molecular weight is 286 g/mol. The third kappa shape index (κ3) is 2.52. The molecule has 3 rings (SSSR count). The van der Waals surface area contributed by atoms with Crippen LogP contribution < -0.4 is 10.5 Å². The van der Waals surface area contributed by atoms with Crippen molar-refractivity contribution in [2.45, 2.75) is 13.0 Å². The van der Waals surface area contributed by atoms with Crippen molar-refractivity contribution in [3.63, 3.8) is 0 Å². The molecule has 0 bridgehead atoms. The maximum absolute atomic E-state index is 13.7. The molecule has 108 valence electrons. The van der Waals surface area contributed by atoms with Gasteiger partial charge in [0.2, 0.25) is 5.95 Å². The maximum Gasteiger partial charge on any atom is 0.201 e. The normalized spacial score (nSPS) is 11.0. The summed E-state index contributed by atoms with van der Waals surface area (Å²) in [5.41, 5.74) is 8.16. The number of rotatable bonds is 4. The number of halogens is 1. The van der Waals surface area contributed by atoms with Gasteiger partial charge < -0.3 is 15.0 Å². The number of aryl methyl sites for hydroxylation is 2. The van der Waals surface area contributed by atoms with Crippen LogP contribution in [0.2, 0.25) is 0 Å². The number of imidazole rings is 1. The second-order valence-corrected chi connectivity index (χ2v) is 4.67. The van der Waals surface area contributed by atoms with E-state index < -0.39 is 5.82 Å². The van der Waals surface area contributed by atoms with E-state index >= 15 is 0 Å². The summed E-state index contributed by atoms with van der Waals surface area (Å²) < 4.78 is 20.5. The lowest BCUT2D eigenvalue weighted by atomic mass is 10.2. The zero-order valence-corrected chi connectivity index (χ0v) is 11.6. The molecule has 2 heterocycles. The van der Waals surface area contributed by atoms with Gasteiger partial charge in [-0.25, -0.2) is 9.37 Å². The highest BCUT2D eigenvalue weighted by atomic mass is 19.1. The molecular weight excluding hydrogens is 271 g/mol. The molecule has 0 saturated carbocycles. The molecule has 0 aliphatic carbocycles. The highest BCUT2D eigenvalue weighted by Crippen LogP contribution is 2.26. The summed E-state index contributed by atoms with van der Waals surface area (Å²) in [5, 5.41) is 0. The first-order valence-electron chi connectivity index (χ1n) is 6.58. The summed E-state index contributed by atoms with van der Waals surface area (Å²) >= 11 is 0. The number of anilines is 1. The van der Waals surface area contributed by atoms with Crippen molar-refractivity contribution in [2.75, 3.05) is 12.8 Å². The number of benzene rings is 1. The summed E-state index contributed by atoms with van der Waals surface area (Å²) in [4.78, 5) is 8.46. The lowest BCUT2D eigenvalue weighted by molar-refractivity contribution is 0.387. The Bertz CT molecular complexity index is 770. The van der Waals surface area contributed by atoms with Gasteiger partial charge in [-0.1, -0.05) is 6.07 Å². The number of hydrogen-bond acceptors (Lipinski definition) is 4. The summed E-state index contributed by atoms with van der Waals surface area (Å²) in [6, 6.07) is 8.72. The fraction of sp³-hybridized carbons (Fsp3) is 0.200. The summed E-state index contributed by atoms with van der Waals surface area (Å²) in [6.45, 7) is 0.619. The van der Waals surface area contributed by atoms with Crippen LogP contribution in [-0.4, -0.2) is 21.6 Å². The van der Waals surface area contributed by atoms with Crippen LogP contribution in [0.25, 0.3) is 11.0 Å². The van der Waals surface area contributed by atoms with Gasteiger partial charge in [0.15, 0.2) is 11.6 Å². The number of hydrogen-bond donors (Lipinski definition) is 1. The molecule has 6 heteroatoms. The molecule has 3 aromatic rings. The van der Waals surface area contributed by atoms with Gasteiger partial charge in [-0.2, -0.15) is 0 Å². The Morgan fingerprint density at radius 2 is 2.19 bits per heavy atom. The number of nitrogens with zero attached hydrogens (tertiary/aromatic N) is 3. The number of fused-ring (bicyclic) bond motifs is 1. The van der Waals surface area contributed by atoms with Crippen LogP contribution in [0, 0.1) is 5.82 Å². The van der Waals surface area contributed by atoms with Crippen molar-refractivity contribution in [2.24, 2.45) is 0 Å². The molecular formula is C15H15FN4O. The van der Waals surface area contributed by atoms with Crippen LogP contribution >= 0.6 is 0 Å². The zero-order valence-electron chi connectivity index (χ0n) is 11.6. The Hall–Kier alpha value is -2.63. The number of ether oxygens (including phenoxy) is 1. The number of aromatic nitrogens is 3. The molecule has 2 N–H and O–H groups in total. The molecule has 0 saturated heterocycles. The molecule has 5 nitrogen and oxygen atoms in total. The quantitative estimate of drug-likeness (QED) is 0.800. The van der Waals surface area contributed by atoms with E-state index in [1.54, 1.807) is 12.3 Å².